The molecular weight excluding hydrogens is 372 g/mol. The number of benzene rings is 2. The van der Waals surface area contributed by atoms with E-state index in [4.69, 9.17) is 13.9 Å². The molecule has 1 amide bonds. The van der Waals surface area contributed by atoms with Crippen molar-refractivity contribution in [2.45, 2.75) is 19.8 Å². The van der Waals surface area contributed by atoms with Crippen molar-refractivity contribution < 1.29 is 18.7 Å². The van der Waals surface area contributed by atoms with Gasteiger partial charge >= 0.3 is 5.63 Å². The van der Waals surface area contributed by atoms with Crippen LogP contribution in [0.25, 0.3) is 11.0 Å². The van der Waals surface area contributed by atoms with Crippen molar-refractivity contribution in [3.05, 3.63) is 58.4 Å². The predicted molar refractivity (Wildman–Crippen MR) is 113 cm³/mol. The quantitative estimate of drug-likeness (QED) is 0.563. The maximum absolute atomic E-state index is 12.7. The highest BCUT2D eigenvalue weighted by molar-refractivity contribution is 6.02. The van der Waals surface area contributed by atoms with Gasteiger partial charge in [-0.1, -0.05) is 25.1 Å². The van der Waals surface area contributed by atoms with E-state index in [1.165, 1.54) is 7.11 Å². The average Bonchev–Trinajstić information content (AvgIpc) is 2.73. The number of amides is 1. The summed E-state index contributed by atoms with van der Waals surface area (Å²) in [6.07, 6.45) is 0.938. The number of nitrogens with one attached hydrogen (secondary N) is 2. The van der Waals surface area contributed by atoms with Crippen LogP contribution in [-0.4, -0.2) is 26.7 Å². The van der Waals surface area contributed by atoms with Crippen molar-refractivity contribution in [3.8, 4) is 11.5 Å². The number of para-hydroxylation sites is 1. The first kappa shape index (κ1) is 20.3. The van der Waals surface area contributed by atoms with Crippen LogP contribution in [0.2, 0.25) is 0 Å². The minimum absolute atomic E-state index is 0.0693. The molecule has 29 heavy (non-hydrogen) atoms. The van der Waals surface area contributed by atoms with Crippen molar-refractivity contribution >= 4 is 28.3 Å². The van der Waals surface area contributed by atoms with Gasteiger partial charge in [-0.15, -0.1) is 0 Å². The largest absolute Gasteiger partial charge is 0.493 e. The Balaban J connectivity index is 1.90. The molecule has 0 fully saturated rings. The second kappa shape index (κ2) is 9.14. The molecule has 0 aliphatic rings. The van der Waals surface area contributed by atoms with Crippen molar-refractivity contribution in [2.75, 3.05) is 31.4 Å². The molecule has 3 aromatic rings. The van der Waals surface area contributed by atoms with Crippen LogP contribution in [0.3, 0.4) is 0 Å². The average molecular weight is 396 g/mol. The molecule has 0 unspecified atom stereocenters. The third-order valence-electron chi connectivity index (χ3n) is 4.44. The number of hydrogen-bond acceptors (Lipinski definition) is 6. The van der Waals surface area contributed by atoms with Crippen LogP contribution < -0.4 is 25.7 Å². The van der Waals surface area contributed by atoms with Crippen LogP contribution >= 0.6 is 0 Å². The van der Waals surface area contributed by atoms with E-state index in [9.17, 15) is 9.59 Å². The summed E-state index contributed by atoms with van der Waals surface area (Å²) in [7, 11) is 3.09. The van der Waals surface area contributed by atoms with E-state index in [1.807, 2.05) is 19.1 Å². The standard InChI is InChI=1S/C22H24N2O5/c1-4-11-23-20-15-7-5-6-8-16(15)29-22(26)21(20)24-19(25)13-14-9-10-17(27-2)18(12-14)28-3/h5-10,12,23H,4,11,13H2,1-3H3,(H,24,25). The molecule has 1 aromatic heterocycles. The lowest BCUT2D eigenvalue weighted by molar-refractivity contribution is -0.115. The van der Waals surface area contributed by atoms with E-state index in [0.29, 0.717) is 29.3 Å². The highest BCUT2D eigenvalue weighted by Gasteiger charge is 2.17. The molecule has 0 aliphatic heterocycles. The summed E-state index contributed by atoms with van der Waals surface area (Å²) in [5, 5.41) is 6.69. The van der Waals surface area contributed by atoms with Gasteiger partial charge in [0.25, 0.3) is 0 Å². The minimum atomic E-state index is -0.594. The fraction of sp³-hybridized carbons (Fsp3) is 0.273. The second-order valence-electron chi connectivity index (χ2n) is 6.48. The lowest BCUT2D eigenvalue weighted by Crippen LogP contribution is -2.21. The SMILES string of the molecule is CCCNc1c(NC(=O)Cc2ccc(OC)c(OC)c2)c(=O)oc2ccccc12. The van der Waals surface area contributed by atoms with Gasteiger partial charge in [0.05, 0.1) is 26.3 Å². The van der Waals surface area contributed by atoms with Gasteiger partial charge in [0.2, 0.25) is 5.91 Å². The number of carbonyl (C=O) groups is 1. The Morgan fingerprint density at radius 3 is 2.52 bits per heavy atom. The van der Waals surface area contributed by atoms with Crippen LogP contribution in [0.4, 0.5) is 11.4 Å². The summed E-state index contributed by atoms with van der Waals surface area (Å²) >= 11 is 0. The topological polar surface area (TPSA) is 89.8 Å². The molecule has 1 heterocycles. The molecule has 0 saturated heterocycles. The Labute approximate surface area is 168 Å². The van der Waals surface area contributed by atoms with Crippen molar-refractivity contribution in [2.24, 2.45) is 0 Å². The van der Waals surface area contributed by atoms with E-state index in [0.717, 1.165) is 17.4 Å². The Morgan fingerprint density at radius 2 is 1.79 bits per heavy atom. The van der Waals surface area contributed by atoms with E-state index in [1.54, 1.807) is 37.4 Å². The van der Waals surface area contributed by atoms with E-state index in [-0.39, 0.29) is 18.0 Å². The number of carbonyl (C=O) groups excluding carboxylic acids is 1. The summed E-state index contributed by atoms with van der Waals surface area (Å²) in [4.78, 5) is 25.2. The number of anilines is 2. The van der Waals surface area contributed by atoms with Crippen LogP contribution in [0.1, 0.15) is 18.9 Å². The van der Waals surface area contributed by atoms with Gasteiger partial charge in [-0.05, 0) is 36.2 Å². The van der Waals surface area contributed by atoms with Crippen LogP contribution in [0.5, 0.6) is 11.5 Å². The number of rotatable bonds is 8. The third kappa shape index (κ3) is 4.51. The number of methoxy groups -OCH3 is 2. The Hall–Kier alpha value is -3.48. The highest BCUT2D eigenvalue weighted by atomic mass is 16.5. The maximum atomic E-state index is 12.7. The molecule has 2 aromatic carbocycles. The monoisotopic (exact) mass is 396 g/mol. The zero-order chi connectivity index (χ0) is 20.8. The Kier molecular flexibility index (Phi) is 6.39. The summed E-state index contributed by atoms with van der Waals surface area (Å²) in [6.45, 7) is 2.68. The molecule has 0 aliphatic carbocycles. The van der Waals surface area contributed by atoms with Gasteiger partial charge < -0.3 is 24.5 Å². The van der Waals surface area contributed by atoms with E-state index >= 15 is 0 Å². The molecular formula is C22H24N2O5. The van der Waals surface area contributed by atoms with Gasteiger partial charge in [-0.3, -0.25) is 4.79 Å². The summed E-state index contributed by atoms with van der Waals surface area (Å²) in [5.74, 6) is 0.783. The van der Waals surface area contributed by atoms with E-state index < -0.39 is 5.63 Å². The normalized spacial score (nSPS) is 10.6. The molecule has 152 valence electrons. The first-order chi connectivity index (χ1) is 14.1. The summed E-state index contributed by atoms with van der Waals surface area (Å²) < 4.78 is 15.9. The van der Waals surface area contributed by atoms with Crippen LogP contribution in [-0.2, 0) is 11.2 Å². The van der Waals surface area contributed by atoms with Gasteiger partial charge in [-0.2, -0.15) is 0 Å². The highest BCUT2D eigenvalue weighted by Crippen LogP contribution is 2.30. The van der Waals surface area contributed by atoms with Crippen LogP contribution in [0.15, 0.2) is 51.7 Å². The number of hydrogen-bond donors (Lipinski definition) is 2. The molecule has 0 bridgehead atoms. The fourth-order valence-electron chi connectivity index (χ4n) is 3.06. The van der Waals surface area contributed by atoms with Gasteiger partial charge in [0, 0.05) is 11.9 Å². The van der Waals surface area contributed by atoms with E-state index in [2.05, 4.69) is 10.6 Å². The minimum Gasteiger partial charge on any atom is -0.493 e. The second-order valence-corrected chi connectivity index (χ2v) is 6.48. The first-order valence-electron chi connectivity index (χ1n) is 9.37. The summed E-state index contributed by atoms with van der Waals surface area (Å²) in [5.41, 5.74) is 1.28. The fourth-order valence-corrected chi connectivity index (χ4v) is 3.06. The molecule has 0 spiro atoms. The molecule has 2 N–H and O–H groups in total. The molecule has 3 rings (SSSR count). The smallest absolute Gasteiger partial charge is 0.362 e. The Morgan fingerprint density at radius 1 is 1.03 bits per heavy atom. The molecule has 0 radical (unpaired) electrons. The zero-order valence-electron chi connectivity index (χ0n) is 16.7. The molecule has 7 nitrogen and oxygen atoms in total. The molecule has 7 heteroatoms. The zero-order valence-corrected chi connectivity index (χ0v) is 16.7. The Bertz CT molecular complexity index is 1070. The van der Waals surface area contributed by atoms with Crippen molar-refractivity contribution in [1.29, 1.82) is 0 Å². The van der Waals surface area contributed by atoms with Crippen molar-refractivity contribution in [3.63, 3.8) is 0 Å². The van der Waals surface area contributed by atoms with Gasteiger partial charge in [0.1, 0.15) is 5.58 Å². The van der Waals surface area contributed by atoms with Gasteiger partial charge in [-0.25, -0.2) is 4.79 Å². The number of ether oxygens (including phenoxy) is 2. The lowest BCUT2D eigenvalue weighted by atomic mass is 10.1. The lowest BCUT2D eigenvalue weighted by Gasteiger charge is -2.14. The summed E-state index contributed by atoms with van der Waals surface area (Å²) in [6, 6.07) is 12.5. The molecule has 0 atom stereocenters. The third-order valence-corrected chi connectivity index (χ3v) is 4.44. The van der Waals surface area contributed by atoms with Crippen LogP contribution in [0, 0.1) is 0 Å². The molecule has 0 saturated carbocycles. The predicted octanol–water partition coefficient (Wildman–Crippen LogP) is 3.81. The van der Waals surface area contributed by atoms with Crippen molar-refractivity contribution in [1.82, 2.24) is 0 Å². The number of fused-ring (bicyclic) bond motifs is 1. The maximum Gasteiger partial charge on any atom is 0.362 e. The first-order valence-corrected chi connectivity index (χ1v) is 9.37. The van der Waals surface area contributed by atoms with Gasteiger partial charge in [0.15, 0.2) is 17.2 Å².